The van der Waals surface area contributed by atoms with Crippen molar-refractivity contribution in [2.24, 2.45) is 11.5 Å². The van der Waals surface area contributed by atoms with Gasteiger partial charge in [-0.05, 0) is 12.1 Å². The molecule has 0 spiro atoms. The second-order valence-electron chi connectivity index (χ2n) is 2.76. The number of rotatable bonds is 5. The molecule has 6 nitrogen and oxygen atoms in total. The van der Waals surface area contributed by atoms with Gasteiger partial charge in [-0.25, -0.2) is 0 Å². The van der Waals surface area contributed by atoms with Gasteiger partial charge in [-0.1, -0.05) is 12.2 Å². The fourth-order valence-electron chi connectivity index (χ4n) is 0.901. The van der Waals surface area contributed by atoms with Crippen molar-refractivity contribution < 1.29 is 4.79 Å². The minimum absolute atomic E-state index is 0.151. The van der Waals surface area contributed by atoms with Crippen LogP contribution in [0.5, 0.6) is 0 Å². The van der Waals surface area contributed by atoms with Crippen LogP contribution in [0, 0.1) is 0 Å². The molecule has 1 heterocycles. The van der Waals surface area contributed by atoms with E-state index in [1.807, 2.05) is 12.2 Å². The van der Waals surface area contributed by atoms with Gasteiger partial charge in [0.1, 0.15) is 5.82 Å². The maximum atomic E-state index is 10.7. The molecule has 0 saturated heterocycles. The number of nitrogens with one attached hydrogen (secondary N) is 1. The predicted molar refractivity (Wildman–Crippen MR) is 57.2 cm³/mol. The number of carbonyl (C=O) groups excluding carboxylic acids is 1. The highest BCUT2D eigenvalue weighted by Crippen LogP contribution is 2.00. The van der Waals surface area contributed by atoms with Gasteiger partial charge >= 0.3 is 0 Å². The molecule has 0 radical (unpaired) electrons. The Morgan fingerprint density at radius 3 is 2.73 bits per heavy atom. The van der Waals surface area contributed by atoms with Crippen LogP contribution in [0.15, 0.2) is 24.3 Å². The number of hydrogen-bond acceptors (Lipinski definition) is 5. The fraction of sp³-hybridized carbons (Fsp3) is 0.222. The van der Waals surface area contributed by atoms with Crippen molar-refractivity contribution >= 4 is 11.7 Å². The van der Waals surface area contributed by atoms with E-state index in [9.17, 15) is 4.79 Å². The summed E-state index contributed by atoms with van der Waals surface area (Å²) >= 11 is 0. The normalized spacial score (nSPS) is 10.5. The van der Waals surface area contributed by atoms with Crippen LogP contribution in [0.4, 0.5) is 5.82 Å². The zero-order valence-electron chi connectivity index (χ0n) is 8.18. The van der Waals surface area contributed by atoms with Crippen molar-refractivity contribution in [2.45, 2.75) is 0 Å². The van der Waals surface area contributed by atoms with Crippen molar-refractivity contribution in [3.63, 3.8) is 0 Å². The first-order valence-corrected chi connectivity index (χ1v) is 4.46. The van der Waals surface area contributed by atoms with Gasteiger partial charge in [-0.3, -0.25) is 4.79 Å². The monoisotopic (exact) mass is 207 g/mol. The summed E-state index contributed by atoms with van der Waals surface area (Å²) in [5.74, 6) is -0.00116. The van der Waals surface area contributed by atoms with Crippen molar-refractivity contribution in [3.05, 3.63) is 30.0 Å². The molecular formula is C9H13N5O. The van der Waals surface area contributed by atoms with Crippen LogP contribution in [-0.4, -0.2) is 29.2 Å². The Bertz CT molecular complexity index is 346. The Morgan fingerprint density at radius 1 is 1.40 bits per heavy atom. The molecule has 5 N–H and O–H groups in total. The van der Waals surface area contributed by atoms with Gasteiger partial charge in [0.2, 0.25) is 0 Å². The lowest BCUT2D eigenvalue weighted by Crippen LogP contribution is -2.14. The largest absolute Gasteiger partial charge is 0.365 e. The number of carbonyl (C=O) groups is 1. The van der Waals surface area contributed by atoms with E-state index >= 15 is 0 Å². The first-order chi connectivity index (χ1) is 7.24. The van der Waals surface area contributed by atoms with E-state index in [-0.39, 0.29) is 5.69 Å². The van der Waals surface area contributed by atoms with E-state index in [0.717, 1.165) is 0 Å². The molecule has 1 rings (SSSR count). The zero-order valence-corrected chi connectivity index (χ0v) is 8.18. The van der Waals surface area contributed by atoms with Gasteiger partial charge in [-0.2, -0.15) is 0 Å². The van der Waals surface area contributed by atoms with E-state index < -0.39 is 5.91 Å². The number of nitrogens with two attached hydrogens (primary N) is 2. The van der Waals surface area contributed by atoms with Crippen molar-refractivity contribution in [1.82, 2.24) is 10.2 Å². The molecule has 0 aliphatic heterocycles. The summed E-state index contributed by atoms with van der Waals surface area (Å²) in [6, 6.07) is 3.16. The summed E-state index contributed by atoms with van der Waals surface area (Å²) in [5, 5.41) is 10.4. The number of amides is 1. The summed E-state index contributed by atoms with van der Waals surface area (Å²) in [6.07, 6.45) is 3.71. The summed E-state index contributed by atoms with van der Waals surface area (Å²) in [7, 11) is 0. The van der Waals surface area contributed by atoms with E-state index in [0.29, 0.717) is 18.9 Å². The van der Waals surface area contributed by atoms with E-state index in [1.165, 1.54) is 6.07 Å². The molecular weight excluding hydrogens is 194 g/mol. The van der Waals surface area contributed by atoms with Crippen LogP contribution >= 0.6 is 0 Å². The zero-order chi connectivity index (χ0) is 11.1. The maximum Gasteiger partial charge on any atom is 0.269 e. The number of aromatic nitrogens is 2. The third-order valence-corrected chi connectivity index (χ3v) is 1.62. The molecule has 15 heavy (non-hydrogen) atoms. The predicted octanol–water partition coefficient (Wildman–Crippen LogP) is -0.498. The Hall–Kier alpha value is -1.95. The molecule has 0 aromatic carbocycles. The minimum atomic E-state index is -0.586. The second kappa shape index (κ2) is 5.71. The van der Waals surface area contributed by atoms with Crippen LogP contribution in [-0.2, 0) is 0 Å². The lowest BCUT2D eigenvalue weighted by atomic mass is 10.3. The average Bonchev–Trinajstić information content (AvgIpc) is 2.25. The van der Waals surface area contributed by atoms with Gasteiger partial charge in [-0.15, -0.1) is 10.2 Å². The first kappa shape index (κ1) is 11.1. The van der Waals surface area contributed by atoms with E-state index in [4.69, 9.17) is 11.5 Å². The fourth-order valence-corrected chi connectivity index (χ4v) is 0.901. The van der Waals surface area contributed by atoms with Crippen molar-refractivity contribution in [2.75, 3.05) is 18.4 Å². The SMILES string of the molecule is NC/C=C/CNc1ccc(C(N)=O)nn1. The molecule has 6 heteroatoms. The molecule has 1 amide bonds. The number of anilines is 1. The third kappa shape index (κ3) is 3.74. The Morgan fingerprint density at radius 2 is 2.20 bits per heavy atom. The molecule has 0 atom stereocenters. The maximum absolute atomic E-state index is 10.7. The van der Waals surface area contributed by atoms with E-state index in [2.05, 4.69) is 15.5 Å². The topological polar surface area (TPSA) is 107 Å². The molecule has 0 aliphatic carbocycles. The lowest BCUT2D eigenvalue weighted by molar-refractivity contribution is 0.0994. The van der Waals surface area contributed by atoms with Crippen LogP contribution in [0.2, 0.25) is 0 Å². The molecule has 1 aromatic heterocycles. The van der Waals surface area contributed by atoms with Gasteiger partial charge < -0.3 is 16.8 Å². The lowest BCUT2D eigenvalue weighted by Gasteiger charge is -2.00. The molecule has 0 bridgehead atoms. The standard InChI is InChI=1S/C9H13N5O/c10-5-1-2-6-12-8-4-3-7(9(11)15)13-14-8/h1-4H,5-6,10H2,(H2,11,15)(H,12,14)/b2-1+. The second-order valence-corrected chi connectivity index (χ2v) is 2.76. The number of nitrogens with zero attached hydrogens (tertiary/aromatic N) is 2. The summed E-state index contributed by atoms with van der Waals surface area (Å²) in [4.78, 5) is 10.7. The Kier molecular flexibility index (Phi) is 4.24. The molecule has 80 valence electrons. The van der Waals surface area contributed by atoms with Crippen molar-refractivity contribution in [3.8, 4) is 0 Å². The first-order valence-electron chi connectivity index (χ1n) is 4.46. The van der Waals surface area contributed by atoms with Gasteiger partial charge in [0.15, 0.2) is 5.69 Å². The summed E-state index contributed by atoms with van der Waals surface area (Å²) in [6.45, 7) is 1.12. The smallest absolute Gasteiger partial charge is 0.269 e. The molecule has 0 unspecified atom stereocenters. The van der Waals surface area contributed by atoms with Crippen LogP contribution < -0.4 is 16.8 Å². The van der Waals surface area contributed by atoms with Gasteiger partial charge in [0, 0.05) is 13.1 Å². The van der Waals surface area contributed by atoms with Crippen LogP contribution in [0.3, 0.4) is 0 Å². The van der Waals surface area contributed by atoms with E-state index in [1.54, 1.807) is 6.07 Å². The molecule has 1 aromatic rings. The molecule has 0 saturated carbocycles. The third-order valence-electron chi connectivity index (χ3n) is 1.62. The average molecular weight is 207 g/mol. The Labute approximate surface area is 87.4 Å². The van der Waals surface area contributed by atoms with Crippen LogP contribution in [0.25, 0.3) is 0 Å². The number of primary amides is 1. The summed E-state index contributed by atoms with van der Waals surface area (Å²) < 4.78 is 0. The molecule has 0 aliphatic rings. The molecule has 0 fully saturated rings. The number of hydrogen-bond donors (Lipinski definition) is 3. The highest BCUT2D eigenvalue weighted by atomic mass is 16.1. The minimum Gasteiger partial charge on any atom is -0.365 e. The Balaban J connectivity index is 2.50. The van der Waals surface area contributed by atoms with Crippen LogP contribution in [0.1, 0.15) is 10.5 Å². The summed E-state index contributed by atoms with van der Waals surface area (Å²) in [5.41, 5.74) is 10.4. The highest BCUT2D eigenvalue weighted by Gasteiger charge is 2.01. The van der Waals surface area contributed by atoms with Crippen molar-refractivity contribution in [1.29, 1.82) is 0 Å². The quantitative estimate of drug-likeness (QED) is 0.564. The van der Waals surface area contributed by atoms with Gasteiger partial charge in [0.25, 0.3) is 5.91 Å². The van der Waals surface area contributed by atoms with Gasteiger partial charge in [0.05, 0.1) is 0 Å². The highest BCUT2D eigenvalue weighted by molar-refractivity contribution is 5.90.